The number of halogens is 2. The van der Waals surface area contributed by atoms with Crippen LogP contribution in [0, 0.1) is 6.92 Å². The Balaban J connectivity index is 1.79. The Morgan fingerprint density at radius 1 is 1.18 bits per heavy atom. The number of benzene rings is 3. The Bertz CT molecular complexity index is 1030. The van der Waals surface area contributed by atoms with Crippen molar-refractivity contribution in [3.05, 3.63) is 92.4 Å². The summed E-state index contributed by atoms with van der Waals surface area (Å²) < 4.78 is 6.85. The van der Waals surface area contributed by atoms with Gasteiger partial charge in [-0.25, -0.2) is 4.79 Å². The topological polar surface area (TPSA) is 58.9 Å². The lowest BCUT2D eigenvalue weighted by molar-refractivity contribution is 0.0697. The molecule has 4 nitrogen and oxygen atoms in total. The van der Waals surface area contributed by atoms with Gasteiger partial charge in [0.05, 0.1) is 11.3 Å². The average Bonchev–Trinajstić information content (AvgIpc) is 2.68. The predicted octanol–water partition coefficient (Wildman–Crippen LogP) is 6.44. The molecule has 0 fully saturated rings. The maximum absolute atomic E-state index is 10.9. The van der Waals surface area contributed by atoms with E-state index in [1.807, 2.05) is 43.3 Å². The first-order valence-corrected chi connectivity index (χ1v) is 9.65. The highest BCUT2D eigenvalue weighted by Crippen LogP contribution is 2.27. The standard InChI is InChI=1S/C22H17BrClNO3/c1-14-19(24)3-2-4-20(14)25-12-17-11-18(23)9-10-21(17)28-13-15-5-7-16(8-6-15)22(26)27/h2-12H,13H2,1H3,(H,26,27). The summed E-state index contributed by atoms with van der Waals surface area (Å²) in [5, 5.41) is 9.65. The Morgan fingerprint density at radius 2 is 1.93 bits per heavy atom. The van der Waals surface area contributed by atoms with Crippen LogP contribution in [0.2, 0.25) is 5.02 Å². The number of hydrogen-bond donors (Lipinski definition) is 1. The van der Waals surface area contributed by atoms with E-state index in [1.165, 1.54) is 0 Å². The van der Waals surface area contributed by atoms with E-state index in [0.29, 0.717) is 17.4 Å². The second kappa shape index (κ2) is 9.04. The normalized spacial score (nSPS) is 11.0. The Hall–Kier alpha value is -2.63. The van der Waals surface area contributed by atoms with Gasteiger partial charge >= 0.3 is 5.97 Å². The van der Waals surface area contributed by atoms with Crippen LogP contribution in [0.4, 0.5) is 5.69 Å². The molecule has 0 unspecified atom stereocenters. The summed E-state index contributed by atoms with van der Waals surface area (Å²) in [6.45, 7) is 2.24. The van der Waals surface area contributed by atoms with Crippen molar-refractivity contribution in [2.24, 2.45) is 4.99 Å². The summed E-state index contributed by atoms with van der Waals surface area (Å²) in [5.74, 6) is -0.274. The Morgan fingerprint density at radius 3 is 2.64 bits per heavy atom. The lowest BCUT2D eigenvalue weighted by Crippen LogP contribution is -2.00. The van der Waals surface area contributed by atoms with Gasteiger partial charge in [0.1, 0.15) is 12.4 Å². The molecule has 0 saturated carbocycles. The fourth-order valence-electron chi connectivity index (χ4n) is 2.53. The van der Waals surface area contributed by atoms with Crippen LogP contribution in [-0.2, 0) is 6.61 Å². The zero-order valence-electron chi connectivity index (χ0n) is 15.0. The predicted molar refractivity (Wildman–Crippen MR) is 115 cm³/mol. The monoisotopic (exact) mass is 457 g/mol. The Labute approximate surface area is 176 Å². The van der Waals surface area contributed by atoms with Crippen LogP contribution < -0.4 is 4.74 Å². The van der Waals surface area contributed by atoms with Crippen LogP contribution in [0.3, 0.4) is 0 Å². The molecule has 0 radical (unpaired) electrons. The minimum absolute atomic E-state index is 0.247. The van der Waals surface area contributed by atoms with E-state index in [4.69, 9.17) is 21.4 Å². The zero-order valence-corrected chi connectivity index (χ0v) is 17.4. The fraction of sp³-hybridized carbons (Fsp3) is 0.0909. The fourth-order valence-corrected chi connectivity index (χ4v) is 3.08. The van der Waals surface area contributed by atoms with E-state index in [2.05, 4.69) is 20.9 Å². The van der Waals surface area contributed by atoms with Gasteiger partial charge < -0.3 is 9.84 Å². The highest BCUT2D eigenvalue weighted by atomic mass is 79.9. The first kappa shape index (κ1) is 20.1. The van der Waals surface area contributed by atoms with E-state index in [0.717, 1.165) is 26.9 Å². The minimum Gasteiger partial charge on any atom is -0.488 e. The number of aliphatic imine (C=N–C) groups is 1. The van der Waals surface area contributed by atoms with Crippen molar-refractivity contribution in [2.75, 3.05) is 0 Å². The lowest BCUT2D eigenvalue weighted by atomic mass is 10.1. The molecule has 3 rings (SSSR count). The third-order valence-electron chi connectivity index (χ3n) is 4.15. The Kier molecular flexibility index (Phi) is 6.49. The molecule has 0 aliphatic carbocycles. The molecule has 0 atom stereocenters. The first-order chi connectivity index (χ1) is 13.4. The van der Waals surface area contributed by atoms with Gasteiger partial charge in [0.25, 0.3) is 0 Å². The van der Waals surface area contributed by atoms with Crippen molar-refractivity contribution >= 4 is 45.4 Å². The van der Waals surface area contributed by atoms with Gasteiger partial charge in [-0.3, -0.25) is 4.99 Å². The van der Waals surface area contributed by atoms with Gasteiger partial charge in [0.2, 0.25) is 0 Å². The third-order valence-corrected chi connectivity index (χ3v) is 5.05. The van der Waals surface area contributed by atoms with Crippen molar-refractivity contribution in [3.63, 3.8) is 0 Å². The van der Waals surface area contributed by atoms with Crippen LogP contribution >= 0.6 is 27.5 Å². The quantitative estimate of drug-likeness (QED) is 0.432. The molecule has 1 N–H and O–H groups in total. The number of aromatic carboxylic acids is 1. The highest BCUT2D eigenvalue weighted by Gasteiger charge is 2.06. The maximum Gasteiger partial charge on any atom is 0.335 e. The van der Waals surface area contributed by atoms with E-state index in [1.54, 1.807) is 30.5 Å². The number of carboxylic acids is 1. The van der Waals surface area contributed by atoms with Gasteiger partial charge in [0.15, 0.2) is 0 Å². The molecule has 0 aliphatic rings. The summed E-state index contributed by atoms with van der Waals surface area (Å²) in [5.41, 5.74) is 3.65. The maximum atomic E-state index is 10.9. The molecule has 0 saturated heterocycles. The van der Waals surface area contributed by atoms with Crippen LogP contribution in [0.25, 0.3) is 0 Å². The van der Waals surface area contributed by atoms with Crippen LogP contribution in [0.5, 0.6) is 5.75 Å². The van der Waals surface area contributed by atoms with Crippen LogP contribution in [-0.4, -0.2) is 17.3 Å². The number of carboxylic acid groups (broad SMARTS) is 1. The second-order valence-electron chi connectivity index (χ2n) is 6.12. The van der Waals surface area contributed by atoms with Gasteiger partial charge in [-0.2, -0.15) is 0 Å². The molecule has 3 aromatic carbocycles. The van der Waals surface area contributed by atoms with E-state index in [9.17, 15) is 4.79 Å². The van der Waals surface area contributed by atoms with E-state index in [-0.39, 0.29) is 5.56 Å². The first-order valence-electron chi connectivity index (χ1n) is 8.48. The molecular weight excluding hydrogens is 442 g/mol. The number of rotatable bonds is 6. The smallest absolute Gasteiger partial charge is 0.335 e. The number of carbonyl (C=O) groups is 1. The third kappa shape index (κ3) is 5.00. The molecule has 6 heteroatoms. The summed E-state index contributed by atoms with van der Waals surface area (Å²) >= 11 is 9.63. The second-order valence-corrected chi connectivity index (χ2v) is 7.44. The summed E-state index contributed by atoms with van der Waals surface area (Å²) in [6, 6.07) is 17.9. The number of nitrogens with zero attached hydrogens (tertiary/aromatic N) is 1. The molecular formula is C22H17BrClNO3. The molecule has 28 heavy (non-hydrogen) atoms. The van der Waals surface area contributed by atoms with Crippen molar-refractivity contribution in [3.8, 4) is 5.75 Å². The minimum atomic E-state index is -0.949. The van der Waals surface area contributed by atoms with Crippen LogP contribution in [0.1, 0.15) is 27.0 Å². The molecule has 0 bridgehead atoms. The number of ether oxygens (including phenoxy) is 1. The lowest BCUT2D eigenvalue weighted by Gasteiger charge is -2.10. The van der Waals surface area contributed by atoms with E-state index >= 15 is 0 Å². The summed E-state index contributed by atoms with van der Waals surface area (Å²) in [6.07, 6.45) is 1.74. The van der Waals surface area contributed by atoms with Crippen molar-refractivity contribution < 1.29 is 14.6 Å². The largest absolute Gasteiger partial charge is 0.488 e. The summed E-state index contributed by atoms with van der Waals surface area (Å²) in [7, 11) is 0. The summed E-state index contributed by atoms with van der Waals surface area (Å²) in [4.78, 5) is 15.5. The van der Waals surface area contributed by atoms with Gasteiger partial charge in [-0.1, -0.05) is 45.7 Å². The van der Waals surface area contributed by atoms with Crippen LogP contribution in [0.15, 0.2) is 70.1 Å². The van der Waals surface area contributed by atoms with Gasteiger partial charge in [-0.05, 0) is 60.5 Å². The van der Waals surface area contributed by atoms with Gasteiger partial charge in [0, 0.05) is 21.3 Å². The molecule has 0 aromatic heterocycles. The molecule has 0 heterocycles. The number of hydrogen-bond acceptors (Lipinski definition) is 3. The molecule has 142 valence electrons. The molecule has 0 aliphatic heterocycles. The van der Waals surface area contributed by atoms with Crippen molar-refractivity contribution in [1.29, 1.82) is 0 Å². The average molecular weight is 459 g/mol. The highest BCUT2D eigenvalue weighted by molar-refractivity contribution is 9.10. The SMILES string of the molecule is Cc1c(Cl)cccc1N=Cc1cc(Br)ccc1OCc1ccc(C(=O)O)cc1. The van der Waals surface area contributed by atoms with Crippen molar-refractivity contribution in [2.45, 2.75) is 13.5 Å². The molecule has 3 aromatic rings. The molecule has 0 spiro atoms. The van der Waals surface area contributed by atoms with E-state index < -0.39 is 5.97 Å². The van der Waals surface area contributed by atoms with Crippen molar-refractivity contribution in [1.82, 2.24) is 0 Å². The van der Waals surface area contributed by atoms with Gasteiger partial charge in [-0.15, -0.1) is 0 Å². The zero-order chi connectivity index (χ0) is 20.1. The molecule has 0 amide bonds.